The van der Waals surface area contributed by atoms with Crippen LogP contribution in [0.5, 0.6) is 5.75 Å². The van der Waals surface area contributed by atoms with Gasteiger partial charge in [0.1, 0.15) is 0 Å². The number of nitro benzene ring substituents is 1. The monoisotopic (exact) mass is 277 g/mol. The minimum atomic E-state index is -0.487. The van der Waals surface area contributed by atoms with E-state index in [0.717, 1.165) is 5.56 Å². The fraction of sp³-hybridized carbons (Fsp3) is 0.308. The van der Waals surface area contributed by atoms with Crippen molar-refractivity contribution in [1.82, 2.24) is 9.78 Å². The zero-order chi connectivity index (χ0) is 14.7. The van der Waals surface area contributed by atoms with Crippen LogP contribution < -0.4 is 4.74 Å². The van der Waals surface area contributed by atoms with Crippen molar-refractivity contribution >= 4 is 5.69 Å². The maximum absolute atomic E-state index is 11.2. The first kappa shape index (κ1) is 14.0. The molecule has 0 aliphatic rings. The fourth-order valence-electron chi connectivity index (χ4n) is 2.07. The average Bonchev–Trinajstić information content (AvgIpc) is 2.84. The highest BCUT2D eigenvalue weighted by atomic mass is 16.6. The molecule has 0 radical (unpaired) electrons. The van der Waals surface area contributed by atoms with E-state index in [9.17, 15) is 10.1 Å². The van der Waals surface area contributed by atoms with E-state index in [-0.39, 0.29) is 18.0 Å². The van der Waals surface area contributed by atoms with Gasteiger partial charge in [0.2, 0.25) is 5.75 Å². The zero-order valence-corrected chi connectivity index (χ0v) is 11.2. The van der Waals surface area contributed by atoms with Gasteiger partial charge >= 0.3 is 5.69 Å². The average molecular weight is 277 g/mol. The molecular weight excluding hydrogens is 262 g/mol. The van der Waals surface area contributed by atoms with Crippen LogP contribution in [0.2, 0.25) is 0 Å². The molecule has 0 atom stereocenters. The molecule has 2 aromatic rings. The van der Waals surface area contributed by atoms with Crippen LogP contribution in [0.15, 0.2) is 24.5 Å². The number of ether oxygens (including phenoxy) is 1. The largest absolute Gasteiger partial charge is 0.490 e. The van der Waals surface area contributed by atoms with Crippen LogP contribution in [-0.2, 0) is 13.5 Å². The number of benzene rings is 1. The Morgan fingerprint density at radius 3 is 2.75 bits per heavy atom. The van der Waals surface area contributed by atoms with E-state index in [1.165, 1.54) is 13.2 Å². The molecule has 7 nitrogen and oxygen atoms in total. The smallest absolute Gasteiger partial charge is 0.311 e. The van der Waals surface area contributed by atoms with Crippen molar-refractivity contribution < 1.29 is 14.8 Å². The van der Waals surface area contributed by atoms with Gasteiger partial charge in [-0.3, -0.25) is 14.8 Å². The molecule has 1 aromatic heterocycles. The predicted molar refractivity (Wildman–Crippen MR) is 72.6 cm³/mol. The molecule has 20 heavy (non-hydrogen) atoms. The van der Waals surface area contributed by atoms with Gasteiger partial charge in [-0.1, -0.05) is 0 Å². The number of nitro groups is 1. The van der Waals surface area contributed by atoms with Crippen molar-refractivity contribution in [2.75, 3.05) is 13.7 Å². The Bertz CT molecular complexity index is 637. The summed E-state index contributed by atoms with van der Waals surface area (Å²) in [7, 11) is 3.16. The van der Waals surface area contributed by atoms with Gasteiger partial charge in [-0.2, -0.15) is 5.10 Å². The lowest BCUT2D eigenvalue weighted by molar-refractivity contribution is -0.385. The molecule has 0 aliphatic heterocycles. The number of aliphatic hydroxyl groups excluding tert-OH is 1. The van der Waals surface area contributed by atoms with E-state index >= 15 is 0 Å². The Morgan fingerprint density at radius 1 is 1.50 bits per heavy atom. The number of aromatic nitrogens is 2. The van der Waals surface area contributed by atoms with Gasteiger partial charge in [0.05, 0.1) is 18.2 Å². The molecule has 0 amide bonds. The van der Waals surface area contributed by atoms with Gasteiger partial charge in [0, 0.05) is 37.0 Å². The third-order valence-corrected chi connectivity index (χ3v) is 2.95. The molecule has 7 heteroatoms. The fourth-order valence-corrected chi connectivity index (χ4v) is 2.07. The Hall–Kier alpha value is -2.41. The van der Waals surface area contributed by atoms with Crippen LogP contribution in [-0.4, -0.2) is 33.5 Å². The molecule has 0 fully saturated rings. The van der Waals surface area contributed by atoms with E-state index < -0.39 is 4.92 Å². The lowest BCUT2D eigenvalue weighted by Gasteiger charge is -2.10. The third kappa shape index (κ3) is 2.62. The van der Waals surface area contributed by atoms with Crippen molar-refractivity contribution in [2.45, 2.75) is 6.42 Å². The Kier molecular flexibility index (Phi) is 3.99. The lowest BCUT2D eigenvalue weighted by Crippen LogP contribution is -1.99. The molecule has 0 spiro atoms. The van der Waals surface area contributed by atoms with Crippen molar-refractivity contribution in [3.8, 4) is 16.9 Å². The summed E-state index contributed by atoms with van der Waals surface area (Å²) in [6, 6.07) is 3.20. The molecule has 1 aromatic carbocycles. The van der Waals surface area contributed by atoms with Crippen molar-refractivity contribution in [3.05, 3.63) is 40.2 Å². The van der Waals surface area contributed by atoms with Gasteiger partial charge < -0.3 is 9.84 Å². The van der Waals surface area contributed by atoms with Crippen LogP contribution in [0.3, 0.4) is 0 Å². The minimum Gasteiger partial charge on any atom is -0.490 e. The number of aliphatic hydroxyl groups is 1. The molecule has 1 heterocycles. The van der Waals surface area contributed by atoms with Crippen LogP contribution >= 0.6 is 0 Å². The van der Waals surface area contributed by atoms with Gasteiger partial charge in [-0.25, -0.2) is 0 Å². The topological polar surface area (TPSA) is 90.4 Å². The van der Waals surface area contributed by atoms with Crippen molar-refractivity contribution in [1.29, 1.82) is 0 Å². The SMILES string of the molecule is COc1c(-c2cnn(C)c2)cc(CCO)cc1[N+](=O)[O-]. The second-order valence-electron chi connectivity index (χ2n) is 4.33. The highest BCUT2D eigenvalue weighted by Crippen LogP contribution is 2.38. The van der Waals surface area contributed by atoms with Gasteiger partial charge in [-0.05, 0) is 18.1 Å². The summed E-state index contributed by atoms with van der Waals surface area (Å²) in [5.74, 6) is 0.199. The summed E-state index contributed by atoms with van der Waals surface area (Å²) >= 11 is 0. The quantitative estimate of drug-likeness (QED) is 0.661. The van der Waals surface area contributed by atoms with Gasteiger partial charge in [0.25, 0.3) is 0 Å². The highest BCUT2D eigenvalue weighted by Gasteiger charge is 2.22. The van der Waals surface area contributed by atoms with Crippen LogP contribution in [0.4, 0.5) is 5.69 Å². The number of nitrogens with zero attached hydrogens (tertiary/aromatic N) is 3. The van der Waals surface area contributed by atoms with E-state index in [2.05, 4.69) is 5.10 Å². The standard InChI is InChI=1S/C13H15N3O4/c1-15-8-10(7-14-15)11-5-9(3-4-17)6-12(16(18)19)13(11)20-2/h5-8,17H,3-4H2,1-2H3. The second kappa shape index (κ2) is 5.70. The van der Waals surface area contributed by atoms with Gasteiger partial charge in [-0.15, -0.1) is 0 Å². The molecule has 2 rings (SSSR count). The minimum absolute atomic E-state index is 0.0734. The molecule has 1 N–H and O–H groups in total. The van der Waals surface area contributed by atoms with Crippen LogP contribution in [0.1, 0.15) is 5.56 Å². The molecule has 0 saturated heterocycles. The number of rotatable bonds is 5. The molecule has 0 saturated carbocycles. The molecule has 0 aliphatic carbocycles. The summed E-state index contributed by atoms with van der Waals surface area (Å²) in [6.45, 7) is -0.0734. The second-order valence-corrected chi connectivity index (χ2v) is 4.33. The summed E-state index contributed by atoms with van der Waals surface area (Å²) < 4.78 is 6.80. The first-order valence-corrected chi connectivity index (χ1v) is 6.02. The molecule has 106 valence electrons. The number of hydrogen-bond donors (Lipinski definition) is 1. The Morgan fingerprint density at radius 2 is 2.25 bits per heavy atom. The Labute approximate surface area is 115 Å². The summed E-state index contributed by atoms with van der Waals surface area (Å²) in [6.07, 6.45) is 3.71. The zero-order valence-electron chi connectivity index (χ0n) is 11.2. The third-order valence-electron chi connectivity index (χ3n) is 2.95. The first-order valence-electron chi connectivity index (χ1n) is 6.02. The number of methoxy groups -OCH3 is 1. The number of hydrogen-bond acceptors (Lipinski definition) is 5. The maximum Gasteiger partial charge on any atom is 0.311 e. The van der Waals surface area contributed by atoms with E-state index in [1.807, 2.05) is 0 Å². The summed E-state index contributed by atoms with van der Waals surface area (Å²) in [5.41, 5.74) is 1.89. The Balaban J connectivity index is 2.66. The van der Waals surface area contributed by atoms with Crippen LogP contribution in [0, 0.1) is 10.1 Å². The van der Waals surface area contributed by atoms with Crippen LogP contribution in [0.25, 0.3) is 11.1 Å². The number of aryl methyl sites for hydroxylation is 1. The molecule has 0 bridgehead atoms. The normalized spacial score (nSPS) is 10.6. The van der Waals surface area contributed by atoms with Crippen molar-refractivity contribution in [2.24, 2.45) is 7.05 Å². The highest BCUT2D eigenvalue weighted by molar-refractivity contribution is 5.75. The van der Waals surface area contributed by atoms with Gasteiger partial charge in [0.15, 0.2) is 0 Å². The van der Waals surface area contributed by atoms with Crippen molar-refractivity contribution in [3.63, 3.8) is 0 Å². The molecular formula is C13H15N3O4. The summed E-state index contributed by atoms with van der Waals surface area (Å²) in [5, 5.41) is 24.3. The van der Waals surface area contributed by atoms with E-state index in [1.54, 1.807) is 30.2 Å². The van der Waals surface area contributed by atoms with E-state index in [0.29, 0.717) is 17.5 Å². The predicted octanol–water partition coefficient (Wildman–Crippen LogP) is 1.54. The first-order chi connectivity index (χ1) is 9.56. The molecule has 0 unspecified atom stereocenters. The maximum atomic E-state index is 11.2. The summed E-state index contributed by atoms with van der Waals surface area (Å²) in [4.78, 5) is 10.7. The van der Waals surface area contributed by atoms with E-state index in [4.69, 9.17) is 9.84 Å². The lowest BCUT2D eigenvalue weighted by atomic mass is 10.0.